The zero-order chi connectivity index (χ0) is 11.6. The molecule has 0 aromatic carbocycles. The maximum atomic E-state index is 11.3. The number of hydrogen-bond acceptors (Lipinski definition) is 2. The van der Waals surface area contributed by atoms with Gasteiger partial charge in [0, 0.05) is 6.42 Å². The van der Waals surface area contributed by atoms with E-state index in [9.17, 15) is 4.79 Å². The fourth-order valence-electron chi connectivity index (χ4n) is 0.571. The lowest BCUT2D eigenvalue weighted by atomic mass is 10.2. The molecule has 0 N–H and O–H groups in total. The van der Waals surface area contributed by atoms with Crippen LogP contribution >= 0.6 is 69.6 Å². The molecule has 0 bridgehead atoms. The van der Waals surface area contributed by atoms with Crippen molar-refractivity contribution in [3.05, 3.63) is 0 Å². The zero-order valence-corrected chi connectivity index (χ0v) is 10.9. The molecule has 0 rings (SSSR count). The van der Waals surface area contributed by atoms with Gasteiger partial charge in [-0.25, -0.2) is 0 Å². The van der Waals surface area contributed by atoms with Gasteiger partial charge in [0.2, 0.25) is 5.78 Å². The minimum Gasteiger partial charge on any atom is -0.291 e. The molecule has 8 heteroatoms. The van der Waals surface area contributed by atoms with Crippen LogP contribution in [-0.2, 0) is 4.79 Å². The lowest BCUT2D eigenvalue weighted by molar-refractivity contribution is -0.118. The normalized spacial score (nSPS) is 14.6. The van der Waals surface area contributed by atoms with Gasteiger partial charge in [0.25, 0.3) is 3.79 Å². The Balaban J connectivity index is 4.65. The summed E-state index contributed by atoms with van der Waals surface area (Å²) < 4.78 is -4.21. The third-order valence-corrected chi connectivity index (χ3v) is 2.58. The number of Topliss-reactive ketones (excluding diaryl/α,β-unsaturated/α-hetero) is 1. The van der Waals surface area contributed by atoms with Gasteiger partial charge in [0.15, 0.2) is 4.33 Å². The van der Waals surface area contributed by atoms with Crippen LogP contribution in [0.25, 0.3) is 0 Å². The largest absolute Gasteiger partial charge is 0.291 e. The summed E-state index contributed by atoms with van der Waals surface area (Å²) in [6.45, 7) is 0. The first-order chi connectivity index (χ1) is 6.11. The number of rotatable bonds is 3. The fraction of sp³-hybridized carbons (Fsp3) is 0.667. The molecule has 1 unspecified atom stereocenters. The molecule has 0 heterocycles. The van der Waals surface area contributed by atoms with Gasteiger partial charge in [0.05, 0.1) is 6.07 Å². The average Bonchev–Trinajstić information content (AvgIpc) is 2.00. The molecule has 0 spiro atoms. The molecule has 0 aromatic rings. The summed E-state index contributed by atoms with van der Waals surface area (Å²) >= 11 is 32.4. The van der Waals surface area contributed by atoms with Crippen LogP contribution in [0.1, 0.15) is 6.42 Å². The van der Waals surface area contributed by atoms with Crippen LogP contribution in [0.15, 0.2) is 0 Å². The molecule has 0 saturated carbocycles. The summed E-state index contributed by atoms with van der Waals surface area (Å²) in [6.07, 6.45) is -0.319. The molecule has 0 saturated heterocycles. The van der Waals surface area contributed by atoms with E-state index in [4.69, 9.17) is 74.9 Å². The standard InChI is InChI=1S/C6H3Cl6NO/c7-3(2-13)1-5(8,9)4(14)6(10,11)12/h3H,1H2. The Kier molecular flexibility index (Phi) is 5.64. The first-order valence-corrected chi connectivity index (χ1v) is 5.47. The molecule has 0 amide bonds. The quantitative estimate of drug-likeness (QED) is 0.746. The highest BCUT2D eigenvalue weighted by atomic mass is 35.6. The Hall–Kier alpha value is 0.900. The molecule has 80 valence electrons. The van der Waals surface area contributed by atoms with Crippen LogP contribution in [0, 0.1) is 11.3 Å². The van der Waals surface area contributed by atoms with E-state index in [1.54, 1.807) is 6.07 Å². The molecule has 0 radical (unpaired) electrons. The Bertz CT molecular complexity index is 264. The van der Waals surface area contributed by atoms with Crippen LogP contribution < -0.4 is 0 Å². The number of alkyl halides is 6. The third kappa shape index (κ3) is 4.61. The van der Waals surface area contributed by atoms with Gasteiger partial charge < -0.3 is 0 Å². The van der Waals surface area contributed by atoms with Crippen molar-refractivity contribution >= 4 is 75.4 Å². The van der Waals surface area contributed by atoms with Crippen LogP contribution in [-0.4, -0.2) is 19.3 Å². The highest BCUT2D eigenvalue weighted by Gasteiger charge is 2.46. The van der Waals surface area contributed by atoms with Crippen molar-refractivity contribution in [1.29, 1.82) is 5.26 Å². The molecule has 2 nitrogen and oxygen atoms in total. The number of carbonyl (C=O) groups excluding carboxylic acids is 1. The van der Waals surface area contributed by atoms with E-state index >= 15 is 0 Å². The molecule has 0 aliphatic carbocycles. The maximum Gasteiger partial charge on any atom is 0.251 e. The molecule has 0 aliphatic rings. The van der Waals surface area contributed by atoms with Gasteiger partial charge in [-0.05, 0) is 0 Å². The van der Waals surface area contributed by atoms with E-state index < -0.39 is 19.3 Å². The molecule has 0 aromatic heterocycles. The molecule has 1 atom stereocenters. The van der Waals surface area contributed by atoms with Crippen LogP contribution in [0.2, 0.25) is 0 Å². The highest BCUT2D eigenvalue weighted by molar-refractivity contribution is 6.80. The molecular weight excluding hydrogens is 315 g/mol. The van der Waals surface area contributed by atoms with Gasteiger partial charge >= 0.3 is 0 Å². The average molecular weight is 318 g/mol. The van der Waals surface area contributed by atoms with Crippen molar-refractivity contribution in [2.45, 2.75) is 19.9 Å². The third-order valence-electron chi connectivity index (χ3n) is 1.17. The van der Waals surface area contributed by atoms with Gasteiger partial charge in [-0.2, -0.15) is 5.26 Å². The minimum absolute atomic E-state index is 0.319. The van der Waals surface area contributed by atoms with E-state index in [1.165, 1.54) is 0 Å². The van der Waals surface area contributed by atoms with E-state index in [1.807, 2.05) is 0 Å². The van der Waals surface area contributed by atoms with E-state index in [0.717, 1.165) is 0 Å². The maximum absolute atomic E-state index is 11.3. The Morgan fingerprint density at radius 2 is 1.71 bits per heavy atom. The van der Waals surface area contributed by atoms with Crippen molar-refractivity contribution in [1.82, 2.24) is 0 Å². The highest BCUT2D eigenvalue weighted by Crippen LogP contribution is 2.40. The summed E-state index contributed by atoms with van der Waals surface area (Å²) in [5.74, 6) is -1.03. The number of nitrogens with zero attached hydrogens (tertiary/aromatic N) is 1. The monoisotopic (exact) mass is 315 g/mol. The smallest absolute Gasteiger partial charge is 0.251 e. The lowest BCUT2D eigenvalue weighted by Crippen LogP contribution is -2.38. The van der Waals surface area contributed by atoms with E-state index in [0.29, 0.717) is 0 Å². The van der Waals surface area contributed by atoms with Crippen molar-refractivity contribution in [3.8, 4) is 6.07 Å². The second-order valence-electron chi connectivity index (χ2n) is 2.33. The van der Waals surface area contributed by atoms with E-state index in [2.05, 4.69) is 0 Å². The first-order valence-electron chi connectivity index (χ1n) is 3.14. The van der Waals surface area contributed by atoms with Crippen molar-refractivity contribution in [3.63, 3.8) is 0 Å². The number of hydrogen-bond donors (Lipinski definition) is 0. The fourth-order valence-corrected chi connectivity index (χ4v) is 2.33. The van der Waals surface area contributed by atoms with Crippen LogP contribution in [0.4, 0.5) is 0 Å². The summed E-state index contributed by atoms with van der Waals surface area (Å²) in [5, 5.41) is 7.35. The van der Waals surface area contributed by atoms with Crippen molar-refractivity contribution < 1.29 is 4.79 Å². The predicted molar refractivity (Wildman–Crippen MR) is 59.6 cm³/mol. The second-order valence-corrected chi connectivity index (χ2v) is 6.62. The lowest BCUT2D eigenvalue weighted by Gasteiger charge is -2.22. The van der Waals surface area contributed by atoms with Crippen LogP contribution in [0.5, 0.6) is 0 Å². The second kappa shape index (κ2) is 5.30. The molecule has 14 heavy (non-hydrogen) atoms. The van der Waals surface area contributed by atoms with Gasteiger partial charge in [0.1, 0.15) is 5.38 Å². The summed E-state index contributed by atoms with van der Waals surface area (Å²) in [7, 11) is 0. The van der Waals surface area contributed by atoms with Crippen molar-refractivity contribution in [2.75, 3.05) is 0 Å². The molecular formula is C6H3Cl6NO. The Morgan fingerprint density at radius 1 is 1.29 bits per heavy atom. The van der Waals surface area contributed by atoms with Crippen LogP contribution in [0.3, 0.4) is 0 Å². The molecule has 0 aliphatic heterocycles. The number of nitriles is 1. The number of carbonyl (C=O) groups is 1. The first kappa shape index (κ1) is 14.9. The molecule has 0 fully saturated rings. The topological polar surface area (TPSA) is 40.9 Å². The number of ketones is 1. The Labute approximate surface area is 111 Å². The van der Waals surface area contributed by atoms with Gasteiger partial charge in [-0.3, -0.25) is 4.79 Å². The summed E-state index contributed by atoms with van der Waals surface area (Å²) in [6, 6.07) is 1.64. The SMILES string of the molecule is N#CC(Cl)CC(Cl)(Cl)C(=O)C(Cl)(Cl)Cl. The van der Waals surface area contributed by atoms with Gasteiger partial charge in [-0.15, -0.1) is 11.6 Å². The zero-order valence-electron chi connectivity index (χ0n) is 6.41. The minimum atomic E-state index is -2.23. The van der Waals surface area contributed by atoms with Crippen molar-refractivity contribution in [2.24, 2.45) is 0 Å². The number of halogens is 6. The Morgan fingerprint density at radius 3 is 2.00 bits per heavy atom. The van der Waals surface area contributed by atoms with Gasteiger partial charge in [-0.1, -0.05) is 58.0 Å². The summed E-state index contributed by atoms with van der Waals surface area (Å²) in [5.41, 5.74) is 0. The van der Waals surface area contributed by atoms with E-state index in [-0.39, 0.29) is 6.42 Å². The predicted octanol–water partition coefficient (Wildman–Crippen LogP) is 3.62. The summed E-state index contributed by atoms with van der Waals surface area (Å²) in [4.78, 5) is 11.3.